The summed E-state index contributed by atoms with van der Waals surface area (Å²) in [6.45, 7) is 3.86. The lowest BCUT2D eigenvalue weighted by molar-refractivity contribution is 0.0748. The first-order chi connectivity index (χ1) is 10.3. The van der Waals surface area contributed by atoms with Gasteiger partial charge in [0.2, 0.25) is 0 Å². The Morgan fingerprint density at radius 1 is 1.33 bits per heavy atom. The lowest BCUT2D eigenvalue weighted by atomic mass is 10.2. The van der Waals surface area contributed by atoms with Crippen LogP contribution in [-0.2, 0) is 0 Å². The quantitative estimate of drug-likeness (QED) is 0.798. The zero-order valence-corrected chi connectivity index (χ0v) is 12.9. The topological polar surface area (TPSA) is 43.8 Å². The average Bonchev–Trinajstić information content (AvgIpc) is 3.09. The highest BCUT2D eigenvalue weighted by Gasteiger charge is 2.31. The number of nitrogens with zero attached hydrogens (tertiary/aromatic N) is 2. The molecular weight excluding hydrogens is 284 g/mol. The molecule has 1 N–H and O–H groups in total. The molecule has 1 atom stereocenters. The summed E-state index contributed by atoms with van der Waals surface area (Å²) in [5.41, 5.74) is 0. The number of hydrogen-bond acceptors (Lipinski definition) is 4. The van der Waals surface area contributed by atoms with E-state index in [1.54, 1.807) is 0 Å². The molecule has 0 aliphatic carbocycles. The molecule has 4 nitrogen and oxygen atoms in total. The summed E-state index contributed by atoms with van der Waals surface area (Å²) in [7, 11) is 0. The van der Waals surface area contributed by atoms with Crippen molar-refractivity contribution in [2.45, 2.75) is 25.3 Å². The van der Waals surface area contributed by atoms with Crippen molar-refractivity contribution in [1.82, 2.24) is 9.80 Å². The third-order valence-electron chi connectivity index (χ3n) is 4.20. The Kier molecular flexibility index (Phi) is 4.59. The molecule has 1 aromatic rings. The van der Waals surface area contributed by atoms with Gasteiger partial charge in [0.25, 0.3) is 5.91 Å². The first-order valence-electron chi connectivity index (χ1n) is 7.51. The highest BCUT2D eigenvalue weighted by molar-refractivity contribution is 7.14. The SMILES string of the molecule is O=C(c1ccc(C#CCO)s1)N1CCCN2CCCC2C1. The van der Waals surface area contributed by atoms with Crippen molar-refractivity contribution in [3.8, 4) is 11.8 Å². The highest BCUT2D eigenvalue weighted by Crippen LogP contribution is 2.24. The van der Waals surface area contributed by atoms with Crippen LogP contribution in [0, 0.1) is 11.8 Å². The van der Waals surface area contributed by atoms with Gasteiger partial charge in [0, 0.05) is 25.7 Å². The van der Waals surface area contributed by atoms with Gasteiger partial charge in [0.05, 0.1) is 9.75 Å². The second-order valence-electron chi connectivity index (χ2n) is 5.56. The standard InChI is InChI=1S/C16H20N2O2S/c19-11-2-5-14-6-7-15(21-14)16(20)18-10-3-9-17-8-1-4-13(17)12-18/h6-7,13,19H,1,3-4,8-12H2. The van der Waals surface area contributed by atoms with E-state index in [9.17, 15) is 4.79 Å². The average molecular weight is 304 g/mol. The number of thiophene rings is 1. The van der Waals surface area contributed by atoms with E-state index in [1.807, 2.05) is 17.0 Å². The van der Waals surface area contributed by atoms with Crippen molar-refractivity contribution in [2.75, 3.05) is 32.8 Å². The fraction of sp³-hybridized carbons (Fsp3) is 0.562. The first kappa shape index (κ1) is 14.6. The van der Waals surface area contributed by atoms with Gasteiger partial charge in [-0.25, -0.2) is 0 Å². The zero-order chi connectivity index (χ0) is 14.7. The minimum absolute atomic E-state index is 0.130. The maximum absolute atomic E-state index is 12.6. The number of carbonyl (C=O) groups is 1. The summed E-state index contributed by atoms with van der Waals surface area (Å²) in [6.07, 6.45) is 3.53. The molecule has 0 aromatic carbocycles. The monoisotopic (exact) mass is 304 g/mol. The summed E-state index contributed by atoms with van der Waals surface area (Å²) < 4.78 is 0. The molecule has 0 spiro atoms. The summed E-state index contributed by atoms with van der Waals surface area (Å²) >= 11 is 1.42. The molecule has 21 heavy (non-hydrogen) atoms. The number of carbonyl (C=O) groups excluding carboxylic acids is 1. The summed E-state index contributed by atoms with van der Waals surface area (Å²) in [5.74, 6) is 5.61. The Morgan fingerprint density at radius 3 is 3.05 bits per heavy atom. The minimum atomic E-state index is -0.148. The van der Waals surface area contributed by atoms with Crippen molar-refractivity contribution >= 4 is 17.2 Å². The molecular formula is C16H20N2O2S. The Balaban J connectivity index is 1.70. The number of rotatable bonds is 1. The van der Waals surface area contributed by atoms with E-state index in [2.05, 4.69) is 16.7 Å². The van der Waals surface area contributed by atoms with Gasteiger partial charge in [-0.3, -0.25) is 9.69 Å². The van der Waals surface area contributed by atoms with E-state index in [0.29, 0.717) is 6.04 Å². The molecule has 0 radical (unpaired) electrons. The predicted molar refractivity (Wildman–Crippen MR) is 83.4 cm³/mol. The van der Waals surface area contributed by atoms with Crippen molar-refractivity contribution in [3.05, 3.63) is 21.9 Å². The van der Waals surface area contributed by atoms with Gasteiger partial charge in [-0.15, -0.1) is 11.3 Å². The van der Waals surface area contributed by atoms with E-state index in [4.69, 9.17) is 5.11 Å². The van der Waals surface area contributed by atoms with Crippen LogP contribution in [-0.4, -0.2) is 59.6 Å². The molecule has 1 amide bonds. The first-order valence-corrected chi connectivity index (χ1v) is 8.32. The fourth-order valence-corrected chi connectivity index (χ4v) is 4.04. The predicted octanol–water partition coefficient (Wildman–Crippen LogP) is 1.40. The summed E-state index contributed by atoms with van der Waals surface area (Å²) in [4.78, 5) is 18.8. The number of aliphatic hydroxyl groups excluding tert-OH is 1. The Morgan fingerprint density at radius 2 is 2.19 bits per heavy atom. The van der Waals surface area contributed by atoms with Gasteiger partial charge < -0.3 is 10.0 Å². The zero-order valence-electron chi connectivity index (χ0n) is 12.0. The molecule has 3 rings (SSSR count). The van der Waals surface area contributed by atoms with Gasteiger partial charge >= 0.3 is 0 Å². The van der Waals surface area contributed by atoms with Gasteiger partial charge in [0.15, 0.2) is 0 Å². The van der Waals surface area contributed by atoms with Crippen LogP contribution in [0.5, 0.6) is 0 Å². The molecule has 2 aliphatic rings. The Hall–Kier alpha value is -1.35. The van der Waals surface area contributed by atoms with E-state index < -0.39 is 0 Å². The van der Waals surface area contributed by atoms with Gasteiger partial charge in [-0.1, -0.05) is 11.8 Å². The Labute approximate surface area is 129 Å². The number of fused-ring (bicyclic) bond motifs is 1. The lowest BCUT2D eigenvalue weighted by Crippen LogP contribution is -2.39. The molecule has 0 saturated carbocycles. The molecule has 112 valence electrons. The Bertz CT molecular complexity index is 572. The minimum Gasteiger partial charge on any atom is -0.384 e. The highest BCUT2D eigenvalue weighted by atomic mass is 32.1. The maximum Gasteiger partial charge on any atom is 0.264 e. The van der Waals surface area contributed by atoms with Gasteiger partial charge in [-0.05, 0) is 37.9 Å². The molecule has 2 saturated heterocycles. The van der Waals surface area contributed by atoms with Gasteiger partial charge in [-0.2, -0.15) is 0 Å². The van der Waals surface area contributed by atoms with E-state index in [0.717, 1.165) is 35.8 Å². The molecule has 2 aliphatic heterocycles. The van der Waals surface area contributed by atoms with Crippen LogP contribution in [0.15, 0.2) is 12.1 Å². The number of amides is 1. The van der Waals surface area contributed by atoms with Crippen molar-refractivity contribution in [2.24, 2.45) is 0 Å². The van der Waals surface area contributed by atoms with Crippen LogP contribution < -0.4 is 0 Å². The van der Waals surface area contributed by atoms with Crippen LogP contribution >= 0.6 is 11.3 Å². The second-order valence-corrected chi connectivity index (χ2v) is 6.64. The maximum atomic E-state index is 12.6. The smallest absolute Gasteiger partial charge is 0.264 e. The van der Waals surface area contributed by atoms with Crippen LogP contribution in [0.3, 0.4) is 0 Å². The third kappa shape index (κ3) is 3.29. The molecule has 2 fully saturated rings. The molecule has 0 bridgehead atoms. The second kappa shape index (κ2) is 6.61. The largest absolute Gasteiger partial charge is 0.384 e. The van der Waals surface area contributed by atoms with E-state index >= 15 is 0 Å². The van der Waals surface area contributed by atoms with E-state index in [1.165, 1.54) is 30.7 Å². The normalized spacial score (nSPS) is 22.3. The summed E-state index contributed by atoms with van der Waals surface area (Å²) in [6, 6.07) is 4.26. The molecule has 3 heterocycles. The number of aliphatic hydroxyl groups is 1. The summed E-state index contributed by atoms with van der Waals surface area (Å²) in [5, 5.41) is 8.72. The molecule has 1 aromatic heterocycles. The van der Waals surface area contributed by atoms with Gasteiger partial charge in [0.1, 0.15) is 6.61 Å². The lowest BCUT2D eigenvalue weighted by Gasteiger charge is -2.25. The third-order valence-corrected chi connectivity index (χ3v) is 5.19. The van der Waals surface area contributed by atoms with Crippen LogP contribution in [0.4, 0.5) is 0 Å². The fourth-order valence-electron chi connectivity index (χ4n) is 3.19. The van der Waals surface area contributed by atoms with Crippen LogP contribution in [0.1, 0.15) is 33.8 Å². The number of hydrogen-bond donors (Lipinski definition) is 1. The van der Waals surface area contributed by atoms with Crippen molar-refractivity contribution in [3.63, 3.8) is 0 Å². The molecule has 5 heteroatoms. The molecule has 1 unspecified atom stereocenters. The van der Waals surface area contributed by atoms with Crippen molar-refractivity contribution in [1.29, 1.82) is 0 Å². The van der Waals surface area contributed by atoms with Crippen LogP contribution in [0.2, 0.25) is 0 Å². The van der Waals surface area contributed by atoms with E-state index in [-0.39, 0.29) is 12.5 Å². The van der Waals surface area contributed by atoms with Crippen LogP contribution in [0.25, 0.3) is 0 Å². The van der Waals surface area contributed by atoms with Crippen molar-refractivity contribution < 1.29 is 9.90 Å².